The monoisotopic (exact) mass is 699 g/mol. The molecule has 50 heavy (non-hydrogen) atoms. The van der Waals surface area contributed by atoms with E-state index in [1.54, 1.807) is 0 Å². The summed E-state index contributed by atoms with van der Waals surface area (Å²) >= 11 is 0. The Bertz CT molecular complexity index is 884. The standard InChI is InChI=1S/C45H78O5/c1-4-7-10-13-16-18-20-22-23-25-26-28-30-32-35-38-44(46)49-42-43(41-48-40-37-34-15-12-9-6-3)50-45(47)39-36-33-31-29-27-24-21-19-17-14-11-8-5-2/h7,10,16,18,22-23,26,28,32,35,43H,4-6,8-9,11-15,17,19-21,24-25,27,29-31,33-34,36-42H2,1-3H3/b10-7-,18-16-,23-22-,28-26-,35-32-. The molecule has 0 saturated carbocycles. The Morgan fingerprint density at radius 1 is 0.460 bits per heavy atom. The first-order valence-corrected chi connectivity index (χ1v) is 20.8. The summed E-state index contributed by atoms with van der Waals surface area (Å²) < 4.78 is 17.1. The SMILES string of the molecule is CC/C=C\C/C=C\C/C=C\C/C=C\C/C=C\CC(=O)OCC(COCCCCCCCC)OC(=O)CCCCCCCCCCCCCCC. The van der Waals surface area contributed by atoms with Gasteiger partial charge in [-0.1, -0.05) is 191 Å². The molecule has 0 fully saturated rings. The molecule has 0 amide bonds. The molecule has 0 aromatic heterocycles. The lowest BCUT2D eigenvalue weighted by Gasteiger charge is -2.18. The van der Waals surface area contributed by atoms with Gasteiger partial charge in [-0.2, -0.15) is 0 Å². The highest BCUT2D eigenvalue weighted by Crippen LogP contribution is 2.14. The first-order valence-electron chi connectivity index (χ1n) is 20.8. The summed E-state index contributed by atoms with van der Waals surface area (Å²) in [6.07, 6.45) is 49.6. The van der Waals surface area contributed by atoms with E-state index in [9.17, 15) is 9.59 Å². The minimum absolute atomic E-state index is 0.0321. The van der Waals surface area contributed by atoms with Crippen LogP contribution in [0, 0.1) is 0 Å². The van der Waals surface area contributed by atoms with Crippen molar-refractivity contribution in [2.45, 2.75) is 194 Å². The Hall–Kier alpha value is -2.40. The third-order valence-electron chi connectivity index (χ3n) is 8.60. The maximum atomic E-state index is 12.6. The largest absolute Gasteiger partial charge is 0.461 e. The summed E-state index contributed by atoms with van der Waals surface area (Å²) in [5.41, 5.74) is 0. The summed E-state index contributed by atoms with van der Waals surface area (Å²) in [6, 6.07) is 0. The van der Waals surface area contributed by atoms with Crippen LogP contribution in [0.4, 0.5) is 0 Å². The predicted octanol–water partition coefficient (Wildman–Crippen LogP) is 13.4. The smallest absolute Gasteiger partial charge is 0.309 e. The molecule has 5 nitrogen and oxygen atoms in total. The van der Waals surface area contributed by atoms with Crippen LogP contribution < -0.4 is 0 Å². The molecule has 0 aromatic rings. The normalized spacial score (nSPS) is 12.8. The average Bonchev–Trinajstić information content (AvgIpc) is 3.11. The van der Waals surface area contributed by atoms with Crippen molar-refractivity contribution < 1.29 is 23.8 Å². The molecule has 1 atom stereocenters. The van der Waals surface area contributed by atoms with Crippen molar-refractivity contribution in [3.63, 3.8) is 0 Å². The molecule has 0 bridgehead atoms. The summed E-state index contributed by atoms with van der Waals surface area (Å²) in [5, 5.41) is 0. The first kappa shape index (κ1) is 47.6. The highest BCUT2D eigenvalue weighted by molar-refractivity contribution is 5.71. The maximum Gasteiger partial charge on any atom is 0.309 e. The molecule has 0 aliphatic rings. The van der Waals surface area contributed by atoms with Gasteiger partial charge in [0.15, 0.2) is 6.10 Å². The zero-order valence-electron chi connectivity index (χ0n) is 32.9. The molecule has 0 heterocycles. The van der Waals surface area contributed by atoms with E-state index in [0.29, 0.717) is 13.0 Å². The fraction of sp³-hybridized carbons (Fsp3) is 0.733. The Labute approximate surface area is 309 Å². The summed E-state index contributed by atoms with van der Waals surface area (Å²) in [5.74, 6) is -0.546. The van der Waals surface area contributed by atoms with Gasteiger partial charge in [-0.05, 0) is 44.9 Å². The van der Waals surface area contributed by atoms with Crippen LogP contribution >= 0.6 is 0 Å². The highest BCUT2D eigenvalue weighted by atomic mass is 16.6. The minimum atomic E-state index is -0.568. The number of ether oxygens (including phenoxy) is 3. The highest BCUT2D eigenvalue weighted by Gasteiger charge is 2.17. The predicted molar refractivity (Wildman–Crippen MR) is 214 cm³/mol. The number of hydrogen-bond acceptors (Lipinski definition) is 5. The van der Waals surface area contributed by atoms with Crippen molar-refractivity contribution in [3.8, 4) is 0 Å². The summed E-state index contributed by atoms with van der Waals surface area (Å²) in [4.78, 5) is 25.0. The molecule has 1 unspecified atom stereocenters. The molecule has 0 saturated heterocycles. The Morgan fingerprint density at radius 2 is 0.880 bits per heavy atom. The third kappa shape index (κ3) is 38.4. The fourth-order valence-corrected chi connectivity index (χ4v) is 5.52. The van der Waals surface area contributed by atoms with Crippen LogP contribution in [0.25, 0.3) is 0 Å². The van der Waals surface area contributed by atoms with E-state index in [-0.39, 0.29) is 31.6 Å². The second kappa shape index (κ2) is 41.0. The van der Waals surface area contributed by atoms with Gasteiger partial charge in [-0.25, -0.2) is 0 Å². The van der Waals surface area contributed by atoms with Gasteiger partial charge in [0, 0.05) is 13.0 Å². The Morgan fingerprint density at radius 3 is 1.36 bits per heavy atom. The van der Waals surface area contributed by atoms with Gasteiger partial charge in [0.1, 0.15) is 6.61 Å². The molecule has 5 heteroatoms. The van der Waals surface area contributed by atoms with Gasteiger partial charge in [-0.15, -0.1) is 0 Å². The van der Waals surface area contributed by atoms with E-state index < -0.39 is 6.10 Å². The van der Waals surface area contributed by atoms with E-state index in [2.05, 4.69) is 69.4 Å². The topological polar surface area (TPSA) is 61.8 Å². The molecule has 0 rings (SSSR count). The van der Waals surface area contributed by atoms with Crippen molar-refractivity contribution in [2.24, 2.45) is 0 Å². The molecule has 288 valence electrons. The number of hydrogen-bond donors (Lipinski definition) is 0. The molecule has 0 aliphatic heterocycles. The van der Waals surface area contributed by atoms with E-state index in [0.717, 1.165) is 57.8 Å². The lowest BCUT2D eigenvalue weighted by atomic mass is 10.0. The lowest BCUT2D eigenvalue weighted by Crippen LogP contribution is -2.30. The first-order chi connectivity index (χ1) is 24.6. The van der Waals surface area contributed by atoms with Crippen LogP contribution in [0.3, 0.4) is 0 Å². The number of carbonyl (C=O) groups is 2. The second-order valence-corrected chi connectivity index (χ2v) is 13.5. The van der Waals surface area contributed by atoms with Crippen LogP contribution in [0.15, 0.2) is 60.8 Å². The van der Waals surface area contributed by atoms with Crippen LogP contribution in [-0.2, 0) is 23.8 Å². The van der Waals surface area contributed by atoms with Crippen molar-refractivity contribution in [3.05, 3.63) is 60.8 Å². The maximum absolute atomic E-state index is 12.6. The zero-order chi connectivity index (χ0) is 36.4. The molecule has 0 radical (unpaired) electrons. The number of carbonyl (C=O) groups excluding carboxylic acids is 2. The van der Waals surface area contributed by atoms with Crippen molar-refractivity contribution >= 4 is 11.9 Å². The molecule has 0 N–H and O–H groups in total. The van der Waals surface area contributed by atoms with Crippen molar-refractivity contribution in [2.75, 3.05) is 19.8 Å². The van der Waals surface area contributed by atoms with Crippen LogP contribution in [0.5, 0.6) is 0 Å². The molecule has 0 aromatic carbocycles. The molecular weight excluding hydrogens is 620 g/mol. The van der Waals surface area contributed by atoms with E-state index in [4.69, 9.17) is 14.2 Å². The molecule has 0 aliphatic carbocycles. The van der Waals surface area contributed by atoms with Crippen molar-refractivity contribution in [1.82, 2.24) is 0 Å². The van der Waals surface area contributed by atoms with E-state index in [1.807, 2.05) is 12.2 Å². The van der Waals surface area contributed by atoms with Gasteiger partial charge in [0.25, 0.3) is 0 Å². The zero-order valence-corrected chi connectivity index (χ0v) is 32.9. The van der Waals surface area contributed by atoms with E-state index in [1.165, 1.54) is 96.3 Å². The minimum Gasteiger partial charge on any atom is -0.461 e. The van der Waals surface area contributed by atoms with Crippen LogP contribution in [-0.4, -0.2) is 37.9 Å². The average molecular weight is 699 g/mol. The van der Waals surface area contributed by atoms with Gasteiger partial charge in [0.05, 0.1) is 13.0 Å². The Kier molecular flexibility index (Phi) is 39.1. The van der Waals surface area contributed by atoms with Gasteiger partial charge in [-0.3, -0.25) is 9.59 Å². The third-order valence-corrected chi connectivity index (χ3v) is 8.60. The quantitative estimate of drug-likeness (QED) is 0.0367. The number of allylic oxidation sites excluding steroid dienone is 9. The van der Waals surface area contributed by atoms with Crippen LogP contribution in [0.2, 0.25) is 0 Å². The van der Waals surface area contributed by atoms with Crippen LogP contribution in [0.1, 0.15) is 188 Å². The molecular formula is C45H78O5. The fourth-order valence-electron chi connectivity index (χ4n) is 5.52. The van der Waals surface area contributed by atoms with Gasteiger partial charge < -0.3 is 14.2 Å². The van der Waals surface area contributed by atoms with Gasteiger partial charge >= 0.3 is 11.9 Å². The van der Waals surface area contributed by atoms with Crippen molar-refractivity contribution in [1.29, 1.82) is 0 Å². The van der Waals surface area contributed by atoms with E-state index >= 15 is 0 Å². The lowest BCUT2D eigenvalue weighted by molar-refractivity contribution is -0.162. The number of esters is 2. The number of unbranched alkanes of at least 4 members (excludes halogenated alkanes) is 17. The second-order valence-electron chi connectivity index (χ2n) is 13.5. The molecule has 0 spiro atoms. The summed E-state index contributed by atoms with van der Waals surface area (Å²) in [6.45, 7) is 7.56. The van der Waals surface area contributed by atoms with Gasteiger partial charge in [0.2, 0.25) is 0 Å². The summed E-state index contributed by atoms with van der Waals surface area (Å²) in [7, 11) is 0. The number of rotatable bonds is 37. The Balaban J connectivity index is 4.28.